The average molecular weight is 405 g/mol. The van der Waals surface area contributed by atoms with Gasteiger partial charge in [0, 0.05) is 24.3 Å². The van der Waals surface area contributed by atoms with E-state index in [4.69, 9.17) is 4.74 Å². The normalized spacial score (nSPS) is 15.7. The van der Waals surface area contributed by atoms with Crippen molar-refractivity contribution in [1.82, 2.24) is 5.32 Å². The summed E-state index contributed by atoms with van der Waals surface area (Å²) in [4.78, 5) is 26.0. The molecule has 0 spiro atoms. The van der Waals surface area contributed by atoms with Crippen molar-refractivity contribution < 1.29 is 18.7 Å². The molecule has 3 aromatic carbocycles. The first-order chi connectivity index (χ1) is 14.6. The molecule has 0 bridgehead atoms. The van der Waals surface area contributed by atoms with Crippen molar-refractivity contribution in [3.05, 3.63) is 84.7 Å². The average Bonchev–Trinajstić information content (AvgIpc) is 3.10. The molecule has 1 atom stereocenters. The van der Waals surface area contributed by atoms with Crippen molar-refractivity contribution in [2.75, 3.05) is 16.8 Å². The fourth-order valence-electron chi connectivity index (χ4n) is 3.28. The number of para-hydroxylation sites is 1. The Morgan fingerprint density at radius 2 is 1.70 bits per heavy atom. The number of hydrogen-bond donors (Lipinski definition) is 2. The Morgan fingerprint density at radius 3 is 2.43 bits per heavy atom. The van der Waals surface area contributed by atoms with Gasteiger partial charge in [-0.25, -0.2) is 9.18 Å². The fraction of sp³-hybridized carbons (Fsp3) is 0.130. The highest BCUT2D eigenvalue weighted by molar-refractivity contribution is 5.97. The van der Waals surface area contributed by atoms with Crippen LogP contribution in [0, 0.1) is 5.82 Å². The first-order valence-corrected chi connectivity index (χ1v) is 9.53. The van der Waals surface area contributed by atoms with Gasteiger partial charge in [0.15, 0.2) is 0 Å². The third kappa shape index (κ3) is 4.75. The van der Waals surface area contributed by atoms with Crippen LogP contribution < -0.4 is 20.3 Å². The number of ether oxygens (including phenoxy) is 1. The van der Waals surface area contributed by atoms with Crippen LogP contribution in [-0.2, 0) is 4.79 Å². The third-order valence-corrected chi connectivity index (χ3v) is 4.67. The van der Waals surface area contributed by atoms with E-state index in [1.165, 1.54) is 17.0 Å². The molecule has 4 rings (SSSR count). The molecule has 1 aliphatic heterocycles. The summed E-state index contributed by atoms with van der Waals surface area (Å²) in [5.41, 5.74) is 1.08. The minimum Gasteiger partial charge on any atom is -0.457 e. The summed E-state index contributed by atoms with van der Waals surface area (Å²) >= 11 is 0. The van der Waals surface area contributed by atoms with E-state index in [1.807, 2.05) is 30.3 Å². The summed E-state index contributed by atoms with van der Waals surface area (Å²) in [5.74, 6) is 0.812. The van der Waals surface area contributed by atoms with Gasteiger partial charge < -0.3 is 20.3 Å². The summed E-state index contributed by atoms with van der Waals surface area (Å²) in [6, 6.07) is 21.5. The predicted molar refractivity (Wildman–Crippen MR) is 112 cm³/mol. The van der Waals surface area contributed by atoms with Gasteiger partial charge in [-0.15, -0.1) is 0 Å². The number of anilines is 2. The molecular formula is C23H20FN3O3. The lowest BCUT2D eigenvalue weighted by Gasteiger charge is -2.17. The van der Waals surface area contributed by atoms with Gasteiger partial charge in [0.05, 0.1) is 6.04 Å². The number of halogens is 1. The lowest BCUT2D eigenvalue weighted by Crippen LogP contribution is -2.39. The van der Waals surface area contributed by atoms with Crippen LogP contribution in [0.1, 0.15) is 6.42 Å². The summed E-state index contributed by atoms with van der Waals surface area (Å²) in [6.45, 7) is 0.291. The van der Waals surface area contributed by atoms with Crippen LogP contribution in [-0.4, -0.2) is 24.5 Å². The molecule has 1 aliphatic rings. The zero-order valence-electron chi connectivity index (χ0n) is 16.0. The highest BCUT2D eigenvalue weighted by Crippen LogP contribution is 2.24. The Balaban J connectivity index is 1.31. The minimum absolute atomic E-state index is 0.159. The van der Waals surface area contributed by atoms with E-state index in [1.54, 1.807) is 36.4 Å². The maximum absolute atomic E-state index is 13.4. The smallest absolute Gasteiger partial charge is 0.319 e. The quantitative estimate of drug-likeness (QED) is 0.655. The molecule has 2 N–H and O–H groups in total. The summed E-state index contributed by atoms with van der Waals surface area (Å²) in [5, 5.41) is 5.53. The number of carbonyl (C=O) groups is 2. The second-order valence-electron chi connectivity index (χ2n) is 6.92. The monoisotopic (exact) mass is 405 g/mol. The van der Waals surface area contributed by atoms with Gasteiger partial charge in [0.25, 0.3) is 0 Å². The van der Waals surface area contributed by atoms with Crippen LogP contribution in [0.3, 0.4) is 0 Å². The highest BCUT2D eigenvalue weighted by Gasteiger charge is 2.31. The molecule has 1 heterocycles. The molecule has 0 unspecified atom stereocenters. The van der Waals surface area contributed by atoms with Gasteiger partial charge in [-0.3, -0.25) is 4.79 Å². The van der Waals surface area contributed by atoms with E-state index in [2.05, 4.69) is 10.6 Å². The largest absolute Gasteiger partial charge is 0.457 e. The van der Waals surface area contributed by atoms with Gasteiger partial charge in [-0.2, -0.15) is 0 Å². The van der Waals surface area contributed by atoms with Gasteiger partial charge in [0.2, 0.25) is 5.91 Å². The number of amides is 3. The number of hydrogen-bond acceptors (Lipinski definition) is 3. The molecule has 7 heteroatoms. The SMILES string of the molecule is O=C(Nc1ccc(Oc2ccccc2)cc1)N[C@H]1CC(=O)N(c2cccc(F)c2)C1. The number of nitrogens with zero attached hydrogens (tertiary/aromatic N) is 1. The Kier molecular flexibility index (Phi) is 5.61. The molecule has 0 aliphatic carbocycles. The Morgan fingerprint density at radius 1 is 0.967 bits per heavy atom. The molecule has 30 heavy (non-hydrogen) atoms. The topological polar surface area (TPSA) is 70.7 Å². The van der Waals surface area contributed by atoms with E-state index in [0.717, 1.165) is 5.75 Å². The molecule has 3 amide bonds. The molecule has 0 saturated carbocycles. The standard InChI is InChI=1S/C23H20FN3O3/c24-16-5-4-6-19(13-16)27-15-18(14-22(27)28)26-23(29)25-17-9-11-21(12-10-17)30-20-7-2-1-3-8-20/h1-13,18H,14-15H2,(H2,25,26,29)/t18-/m0/s1. The molecule has 1 fully saturated rings. The number of urea groups is 1. The van der Waals surface area contributed by atoms with E-state index in [0.29, 0.717) is 23.7 Å². The van der Waals surface area contributed by atoms with Crippen molar-refractivity contribution in [3.63, 3.8) is 0 Å². The third-order valence-electron chi connectivity index (χ3n) is 4.67. The first kappa shape index (κ1) is 19.4. The predicted octanol–water partition coefficient (Wildman–Crippen LogP) is 4.55. The van der Waals surface area contributed by atoms with E-state index < -0.39 is 11.8 Å². The lowest BCUT2D eigenvalue weighted by atomic mass is 10.2. The molecule has 152 valence electrons. The number of rotatable bonds is 5. The Labute approximate surface area is 173 Å². The van der Waals surface area contributed by atoms with Crippen molar-refractivity contribution in [2.45, 2.75) is 12.5 Å². The van der Waals surface area contributed by atoms with Crippen LogP contribution in [0.2, 0.25) is 0 Å². The van der Waals surface area contributed by atoms with Gasteiger partial charge in [-0.1, -0.05) is 24.3 Å². The van der Waals surface area contributed by atoms with Crippen molar-refractivity contribution in [1.29, 1.82) is 0 Å². The van der Waals surface area contributed by atoms with Crippen molar-refractivity contribution in [3.8, 4) is 11.5 Å². The second kappa shape index (κ2) is 8.65. The zero-order valence-corrected chi connectivity index (χ0v) is 16.0. The van der Waals surface area contributed by atoms with Crippen LogP contribution in [0.15, 0.2) is 78.9 Å². The number of nitrogens with one attached hydrogen (secondary N) is 2. The van der Waals surface area contributed by atoms with E-state index in [-0.39, 0.29) is 18.4 Å². The molecule has 0 radical (unpaired) electrons. The van der Waals surface area contributed by atoms with Crippen LogP contribution in [0.4, 0.5) is 20.6 Å². The van der Waals surface area contributed by atoms with E-state index >= 15 is 0 Å². The number of carbonyl (C=O) groups excluding carboxylic acids is 2. The Hall–Kier alpha value is -3.87. The first-order valence-electron chi connectivity index (χ1n) is 9.53. The molecule has 3 aromatic rings. The summed E-state index contributed by atoms with van der Waals surface area (Å²) in [6.07, 6.45) is 0.161. The second-order valence-corrected chi connectivity index (χ2v) is 6.92. The molecule has 1 saturated heterocycles. The molecule has 0 aromatic heterocycles. The maximum atomic E-state index is 13.4. The molecular weight excluding hydrogens is 385 g/mol. The van der Waals surface area contributed by atoms with Gasteiger partial charge in [0.1, 0.15) is 17.3 Å². The number of benzene rings is 3. The lowest BCUT2D eigenvalue weighted by molar-refractivity contribution is -0.117. The van der Waals surface area contributed by atoms with Gasteiger partial charge >= 0.3 is 6.03 Å². The Bertz CT molecular complexity index is 1040. The summed E-state index contributed by atoms with van der Waals surface area (Å²) < 4.78 is 19.1. The van der Waals surface area contributed by atoms with Crippen LogP contribution in [0.25, 0.3) is 0 Å². The minimum atomic E-state index is -0.411. The highest BCUT2D eigenvalue weighted by atomic mass is 19.1. The van der Waals surface area contributed by atoms with Crippen molar-refractivity contribution in [2.24, 2.45) is 0 Å². The fourth-order valence-corrected chi connectivity index (χ4v) is 3.28. The maximum Gasteiger partial charge on any atom is 0.319 e. The zero-order chi connectivity index (χ0) is 20.9. The van der Waals surface area contributed by atoms with Crippen molar-refractivity contribution >= 4 is 23.3 Å². The van der Waals surface area contributed by atoms with Crippen LogP contribution >= 0.6 is 0 Å². The van der Waals surface area contributed by atoms with Gasteiger partial charge in [-0.05, 0) is 54.6 Å². The molecule has 6 nitrogen and oxygen atoms in total. The van der Waals surface area contributed by atoms with Crippen LogP contribution in [0.5, 0.6) is 11.5 Å². The summed E-state index contributed by atoms with van der Waals surface area (Å²) in [7, 11) is 0. The van der Waals surface area contributed by atoms with E-state index in [9.17, 15) is 14.0 Å².